The average Bonchev–Trinajstić information content (AvgIpc) is 3.39. The van der Waals surface area contributed by atoms with Gasteiger partial charge < -0.3 is 52.9 Å². The molecule has 19 heteroatoms. The molecule has 0 fully saturated rings. The highest BCUT2D eigenvalue weighted by Gasteiger charge is 2.20. The minimum absolute atomic E-state index is 0.0121. The zero-order valence-electron chi connectivity index (χ0n) is 22.3. The van der Waals surface area contributed by atoms with Crippen LogP contribution in [0.2, 0.25) is 0 Å². The summed E-state index contributed by atoms with van der Waals surface area (Å²) in [5, 5.41) is 22.4. The van der Waals surface area contributed by atoms with E-state index in [9.17, 15) is 38.4 Å². The number of carboxylic acid groups (broad SMARTS) is 1. The molecule has 11 N–H and O–H groups in total. The molecule has 0 bridgehead atoms. The molecule has 1 aromatic rings. The number of aromatic nitrogens is 1. The fourth-order valence-corrected chi connectivity index (χ4v) is 2.74. The van der Waals surface area contributed by atoms with E-state index < -0.39 is 85.1 Å². The molecular formula is C22H33N9O10. The van der Waals surface area contributed by atoms with Crippen molar-refractivity contribution >= 4 is 47.3 Å². The zero-order valence-corrected chi connectivity index (χ0v) is 22.3. The number of aliphatic carboxylic acids is 1. The summed E-state index contributed by atoms with van der Waals surface area (Å²) in [4.78, 5) is 96.9. The third kappa shape index (κ3) is 13.5. The molecule has 3 atom stereocenters. The van der Waals surface area contributed by atoms with Crippen LogP contribution < -0.4 is 43.4 Å². The number of nitrogens with one attached hydrogen (secondary N) is 6. The number of primary amides is 1. The van der Waals surface area contributed by atoms with Crippen LogP contribution in [0.3, 0.4) is 0 Å². The second kappa shape index (κ2) is 16.8. The maximum absolute atomic E-state index is 12.2. The standard InChI is InChI=1S/C22H33N9O10/c1-10(29-17(35)7-26-20(37)12(23)3-4-14(24)32)19(36)28-8-18-31-13(9-41-18)21(38)27-5-15(33)25-6-16(34)30-11(2)22(39)40/h9-12H,3-8,23H2,1-2H3,(H2,24,32)(H,25,33)(H,26,37)(H,27,38)(H,28,36)(H,29,35)(H,30,34)(H,39,40)/t10-,11-,12-/m0/s1. The lowest BCUT2D eigenvalue weighted by atomic mass is 10.1. The number of rotatable bonds is 17. The van der Waals surface area contributed by atoms with Gasteiger partial charge in [0.2, 0.25) is 41.3 Å². The Bertz CT molecular complexity index is 1150. The van der Waals surface area contributed by atoms with E-state index in [4.69, 9.17) is 21.0 Å². The quantitative estimate of drug-likeness (QED) is 0.0832. The molecular weight excluding hydrogens is 550 g/mol. The molecule has 0 saturated carbocycles. The Morgan fingerprint density at radius 1 is 0.854 bits per heavy atom. The van der Waals surface area contributed by atoms with Crippen molar-refractivity contribution < 1.29 is 47.9 Å². The highest BCUT2D eigenvalue weighted by Crippen LogP contribution is 2.02. The van der Waals surface area contributed by atoms with E-state index in [1.165, 1.54) is 13.8 Å². The van der Waals surface area contributed by atoms with E-state index in [1.54, 1.807) is 0 Å². The molecule has 0 spiro atoms. The first-order chi connectivity index (χ1) is 19.2. The normalized spacial score (nSPS) is 12.6. The Morgan fingerprint density at radius 3 is 2.05 bits per heavy atom. The van der Waals surface area contributed by atoms with Crippen molar-refractivity contribution in [2.75, 3.05) is 19.6 Å². The van der Waals surface area contributed by atoms with Gasteiger partial charge in [0.25, 0.3) is 5.91 Å². The first-order valence-electron chi connectivity index (χ1n) is 12.1. The predicted octanol–water partition coefficient (Wildman–Crippen LogP) is -5.06. The van der Waals surface area contributed by atoms with Crippen molar-refractivity contribution in [3.63, 3.8) is 0 Å². The van der Waals surface area contributed by atoms with E-state index in [2.05, 4.69) is 36.9 Å². The van der Waals surface area contributed by atoms with Crippen molar-refractivity contribution in [1.82, 2.24) is 36.9 Å². The highest BCUT2D eigenvalue weighted by atomic mass is 16.4. The molecule has 0 radical (unpaired) electrons. The molecule has 0 saturated heterocycles. The van der Waals surface area contributed by atoms with Crippen molar-refractivity contribution in [1.29, 1.82) is 0 Å². The first kappa shape index (κ1) is 34.0. The molecule has 0 aliphatic carbocycles. The van der Waals surface area contributed by atoms with Crippen LogP contribution in [-0.2, 0) is 40.1 Å². The van der Waals surface area contributed by atoms with Gasteiger partial charge in [0, 0.05) is 6.42 Å². The molecule has 1 rings (SSSR count). The Balaban J connectivity index is 2.37. The van der Waals surface area contributed by atoms with E-state index in [1.807, 2.05) is 0 Å². The molecule has 0 aliphatic heterocycles. The maximum atomic E-state index is 12.2. The lowest BCUT2D eigenvalue weighted by molar-refractivity contribution is -0.141. The fourth-order valence-electron chi connectivity index (χ4n) is 2.74. The molecule has 1 heterocycles. The number of nitrogens with two attached hydrogens (primary N) is 2. The van der Waals surface area contributed by atoms with Crippen molar-refractivity contribution in [2.45, 2.75) is 51.4 Å². The highest BCUT2D eigenvalue weighted by molar-refractivity contribution is 5.95. The molecule has 226 valence electrons. The van der Waals surface area contributed by atoms with Crippen LogP contribution in [0.25, 0.3) is 0 Å². The molecule has 0 unspecified atom stereocenters. The Labute approximate surface area is 232 Å². The lowest BCUT2D eigenvalue weighted by Crippen LogP contribution is -2.49. The molecule has 0 aromatic carbocycles. The minimum atomic E-state index is -1.25. The monoisotopic (exact) mass is 583 g/mol. The summed E-state index contributed by atoms with van der Waals surface area (Å²) in [7, 11) is 0. The van der Waals surface area contributed by atoms with Gasteiger partial charge in [-0.2, -0.15) is 0 Å². The van der Waals surface area contributed by atoms with E-state index >= 15 is 0 Å². The summed E-state index contributed by atoms with van der Waals surface area (Å²) in [5.74, 6) is -6.16. The van der Waals surface area contributed by atoms with Crippen LogP contribution in [0.1, 0.15) is 43.1 Å². The van der Waals surface area contributed by atoms with Crippen molar-refractivity contribution in [3.05, 3.63) is 17.8 Å². The average molecular weight is 584 g/mol. The van der Waals surface area contributed by atoms with Crippen molar-refractivity contribution in [3.8, 4) is 0 Å². The van der Waals surface area contributed by atoms with Gasteiger partial charge in [0.05, 0.1) is 32.2 Å². The van der Waals surface area contributed by atoms with E-state index in [-0.39, 0.29) is 31.0 Å². The van der Waals surface area contributed by atoms with E-state index in [0.29, 0.717) is 0 Å². The van der Waals surface area contributed by atoms with Gasteiger partial charge in [-0.1, -0.05) is 0 Å². The van der Waals surface area contributed by atoms with Crippen LogP contribution in [0.15, 0.2) is 10.7 Å². The topological polar surface area (TPSA) is 307 Å². The number of nitrogens with zero attached hydrogens (tertiary/aromatic N) is 1. The molecule has 19 nitrogen and oxygen atoms in total. The predicted molar refractivity (Wildman–Crippen MR) is 136 cm³/mol. The summed E-state index contributed by atoms with van der Waals surface area (Å²) in [6.07, 6.45) is 0.904. The summed E-state index contributed by atoms with van der Waals surface area (Å²) < 4.78 is 5.10. The summed E-state index contributed by atoms with van der Waals surface area (Å²) in [6, 6.07) is -3.19. The maximum Gasteiger partial charge on any atom is 0.325 e. The number of amides is 7. The number of carbonyl (C=O) groups is 8. The van der Waals surface area contributed by atoms with Crippen LogP contribution in [0, 0.1) is 0 Å². The lowest BCUT2D eigenvalue weighted by Gasteiger charge is -2.15. The van der Waals surface area contributed by atoms with E-state index in [0.717, 1.165) is 6.26 Å². The van der Waals surface area contributed by atoms with Crippen LogP contribution in [0.4, 0.5) is 0 Å². The van der Waals surface area contributed by atoms with Crippen LogP contribution in [-0.4, -0.2) is 95.2 Å². The summed E-state index contributed by atoms with van der Waals surface area (Å²) in [5.41, 5.74) is 10.4. The second-order valence-electron chi connectivity index (χ2n) is 8.55. The molecule has 7 amide bonds. The SMILES string of the molecule is C[C@H](NC(=O)CNC(=O)CNC(=O)c1coc(CNC(=O)[C@H](C)NC(=O)CNC(=O)[C@@H](N)CCC(N)=O)n1)C(=O)O. The number of carbonyl (C=O) groups excluding carboxylic acids is 7. The number of hydrogen-bond donors (Lipinski definition) is 9. The number of oxazole rings is 1. The zero-order chi connectivity index (χ0) is 31.1. The van der Waals surface area contributed by atoms with Crippen LogP contribution in [0.5, 0.6) is 0 Å². The summed E-state index contributed by atoms with van der Waals surface area (Å²) >= 11 is 0. The second-order valence-corrected chi connectivity index (χ2v) is 8.55. The van der Waals surface area contributed by atoms with Gasteiger partial charge in [-0.05, 0) is 20.3 Å². The Kier molecular flexibility index (Phi) is 13.9. The third-order valence-electron chi connectivity index (χ3n) is 5.03. The number of hydrogen-bond acceptors (Lipinski definition) is 11. The van der Waals surface area contributed by atoms with Gasteiger partial charge in [0.1, 0.15) is 18.3 Å². The smallest absolute Gasteiger partial charge is 0.325 e. The molecule has 0 aliphatic rings. The van der Waals surface area contributed by atoms with Gasteiger partial charge >= 0.3 is 5.97 Å². The number of carboxylic acids is 1. The molecule has 1 aromatic heterocycles. The summed E-state index contributed by atoms with van der Waals surface area (Å²) in [6.45, 7) is 0.898. The van der Waals surface area contributed by atoms with Gasteiger partial charge in [-0.25, -0.2) is 4.98 Å². The minimum Gasteiger partial charge on any atom is -0.480 e. The van der Waals surface area contributed by atoms with Crippen LogP contribution >= 0.6 is 0 Å². The Morgan fingerprint density at radius 2 is 1.44 bits per heavy atom. The van der Waals surface area contributed by atoms with Gasteiger partial charge in [-0.15, -0.1) is 0 Å². The fraction of sp³-hybridized carbons (Fsp3) is 0.500. The largest absolute Gasteiger partial charge is 0.480 e. The Hall–Kier alpha value is -5.07. The third-order valence-corrected chi connectivity index (χ3v) is 5.03. The van der Waals surface area contributed by atoms with Gasteiger partial charge in [-0.3, -0.25) is 38.4 Å². The van der Waals surface area contributed by atoms with Crippen molar-refractivity contribution in [2.24, 2.45) is 11.5 Å². The first-order valence-corrected chi connectivity index (χ1v) is 12.1. The van der Waals surface area contributed by atoms with Gasteiger partial charge in [0.15, 0.2) is 5.69 Å². The molecule has 41 heavy (non-hydrogen) atoms.